The largest absolute Gasteiger partial charge is 0.299 e. The lowest BCUT2D eigenvalue weighted by atomic mass is 10.2. The molecule has 0 aromatic heterocycles. The van der Waals surface area contributed by atoms with E-state index in [1.165, 1.54) is 0 Å². The number of rotatable bonds is 3. The summed E-state index contributed by atoms with van der Waals surface area (Å²) in [4.78, 5) is 2.35. The number of halogens is 1. The smallest absolute Gasteiger partial charge is 0.00412 e. The summed E-state index contributed by atoms with van der Waals surface area (Å²) in [5, 5.41) is 0. The van der Waals surface area contributed by atoms with Crippen molar-refractivity contribution in [3.8, 4) is 0 Å². The molecule has 0 saturated carbocycles. The quantitative estimate of drug-likeness (QED) is 0.619. The molecule has 0 bridgehead atoms. The maximum absolute atomic E-state index is 3.85. The lowest BCUT2D eigenvalue weighted by Crippen LogP contribution is -2.36. The maximum atomic E-state index is 3.85. The van der Waals surface area contributed by atoms with Crippen molar-refractivity contribution in [2.24, 2.45) is 0 Å². The van der Waals surface area contributed by atoms with Gasteiger partial charge >= 0.3 is 0 Å². The average molecular weight is 165 g/mol. The predicted molar refractivity (Wildman–Crippen MR) is 49.6 cm³/mol. The van der Waals surface area contributed by atoms with Gasteiger partial charge in [-0.1, -0.05) is 0 Å². The van der Waals surface area contributed by atoms with Gasteiger partial charge in [0.1, 0.15) is 0 Å². The van der Waals surface area contributed by atoms with Crippen molar-refractivity contribution in [2.75, 3.05) is 6.54 Å². The summed E-state index contributed by atoms with van der Waals surface area (Å²) in [5.74, 6) is 0. The van der Waals surface area contributed by atoms with Crippen molar-refractivity contribution < 1.29 is 0 Å². The van der Waals surface area contributed by atoms with Crippen LogP contribution in [0.2, 0.25) is 0 Å². The minimum Gasteiger partial charge on any atom is -0.299 e. The average Bonchev–Trinajstić information content (AvgIpc) is 1.64. The van der Waals surface area contributed by atoms with E-state index in [-0.39, 0.29) is 12.4 Å². The molecular weight excluding hydrogens is 146 g/mol. The first-order valence-corrected chi connectivity index (χ1v) is 3.64. The molecule has 2 heteroatoms. The second kappa shape index (κ2) is 5.99. The molecule has 1 radical (unpaired) electrons. The standard InChI is InChI=1S/C8H18N.ClH/c1-6-9(7(2)3)8(4)5;/h7-8H,1,6H2,2-5H3;1H. The Bertz CT molecular complexity index is 63.7. The van der Waals surface area contributed by atoms with Crippen LogP contribution >= 0.6 is 12.4 Å². The summed E-state index contributed by atoms with van der Waals surface area (Å²) in [6, 6.07) is 1.25. The molecule has 0 atom stereocenters. The molecule has 0 amide bonds. The molecule has 63 valence electrons. The Morgan fingerprint density at radius 3 is 1.40 bits per heavy atom. The van der Waals surface area contributed by atoms with Gasteiger partial charge in [0.25, 0.3) is 0 Å². The van der Waals surface area contributed by atoms with E-state index in [0.29, 0.717) is 12.1 Å². The summed E-state index contributed by atoms with van der Waals surface area (Å²) in [5.41, 5.74) is 0. The lowest BCUT2D eigenvalue weighted by Gasteiger charge is -2.28. The zero-order valence-electron chi connectivity index (χ0n) is 7.42. The zero-order chi connectivity index (χ0) is 7.44. The topological polar surface area (TPSA) is 3.24 Å². The van der Waals surface area contributed by atoms with Gasteiger partial charge in [0.15, 0.2) is 0 Å². The summed E-state index contributed by atoms with van der Waals surface area (Å²) in [7, 11) is 0. The minimum absolute atomic E-state index is 0. The molecule has 10 heavy (non-hydrogen) atoms. The lowest BCUT2D eigenvalue weighted by molar-refractivity contribution is 0.195. The first kappa shape index (κ1) is 12.9. The molecule has 0 aliphatic carbocycles. The second-order valence-electron chi connectivity index (χ2n) is 2.93. The maximum Gasteiger partial charge on any atom is 0.00412 e. The summed E-state index contributed by atoms with van der Waals surface area (Å²) >= 11 is 0. The Hall–Kier alpha value is 0.250. The van der Waals surface area contributed by atoms with Gasteiger partial charge in [-0.05, 0) is 41.2 Å². The first-order valence-electron chi connectivity index (χ1n) is 3.64. The molecule has 0 aromatic rings. The van der Waals surface area contributed by atoms with E-state index in [2.05, 4.69) is 39.5 Å². The van der Waals surface area contributed by atoms with Crippen LogP contribution in [0.4, 0.5) is 0 Å². The number of nitrogens with zero attached hydrogens (tertiary/aromatic N) is 1. The number of hydrogen-bond acceptors (Lipinski definition) is 1. The normalized spacial score (nSPS) is 10.8. The molecule has 0 unspecified atom stereocenters. The highest BCUT2D eigenvalue weighted by atomic mass is 35.5. The van der Waals surface area contributed by atoms with Crippen molar-refractivity contribution in [3.05, 3.63) is 6.92 Å². The number of hydrogen-bond donors (Lipinski definition) is 0. The van der Waals surface area contributed by atoms with Crippen LogP contribution in [0, 0.1) is 6.92 Å². The third kappa shape index (κ3) is 4.13. The zero-order valence-corrected chi connectivity index (χ0v) is 8.24. The Kier molecular flexibility index (Phi) is 7.72. The fraction of sp³-hybridized carbons (Fsp3) is 0.875. The summed E-state index contributed by atoms with van der Waals surface area (Å²) < 4.78 is 0. The second-order valence-corrected chi connectivity index (χ2v) is 2.93. The van der Waals surface area contributed by atoms with E-state index in [4.69, 9.17) is 0 Å². The summed E-state index contributed by atoms with van der Waals surface area (Å²) in [6.07, 6.45) is 0. The van der Waals surface area contributed by atoms with Gasteiger partial charge in [-0.2, -0.15) is 0 Å². The van der Waals surface area contributed by atoms with Crippen LogP contribution in [0.1, 0.15) is 27.7 Å². The van der Waals surface area contributed by atoms with E-state index in [0.717, 1.165) is 6.54 Å². The first-order chi connectivity index (χ1) is 4.09. The molecule has 0 fully saturated rings. The van der Waals surface area contributed by atoms with Crippen LogP contribution < -0.4 is 0 Å². The van der Waals surface area contributed by atoms with Gasteiger partial charge in [-0.15, -0.1) is 12.4 Å². The van der Waals surface area contributed by atoms with Crippen molar-refractivity contribution in [2.45, 2.75) is 39.8 Å². The molecule has 0 aromatic carbocycles. The molecule has 0 aliphatic rings. The van der Waals surface area contributed by atoms with E-state index < -0.39 is 0 Å². The molecule has 0 heterocycles. The fourth-order valence-corrected chi connectivity index (χ4v) is 1.11. The van der Waals surface area contributed by atoms with Gasteiger partial charge in [-0.25, -0.2) is 0 Å². The van der Waals surface area contributed by atoms with Gasteiger partial charge in [0.05, 0.1) is 0 Å². The van der Waals surface area contributed by atoms with Crippen LogP contribution in [-0.4, -0.2) is 23.5 Å². The van der Waals surface area contributed by atoms with Crippen LogP contribution in [0.5, 0.6) is 0 Å². The molecule has 0 rings (SSSR count). The fourth-order valence-electron chi connectivity index (χ4n) is 1.11. The minimum atomic E-state index is 0. The van der Waals surface area contributed by atoms with Gasteiger partial charge in [0.2, 0.25) is 0 Å². The highest BCUT2D eigenvalue weighted by Crippen LogP contribution is 2.02. The molecular formula is C8H19ClN. The molecule has 1 nitrogen and oxygen atoms in total. The third-order valence-corrected chi connectivity index (χ3v) is 1.58. The van der Waals surface area contributed by atoms with Gasteiger partial charge in [-0.3, -0.25) is 4.90 Å². The predicted octanol–water partition coefficient (Wildman–Crippen LogP) is 2.36. The molecule has 0 saturated heterocycles. The van der Waals surface area contributed by atoms with Crippen molar-refractivity contribution in [3.63, 3.8) is 0 Å². The van der Waals surface area contributed by atoms with Crippen LogP contribution in [0.3, 0.4) is 0 Å². The highest BCUT2D eigenvalue weighted by Gasteiger charge is 2.09. The van der Waals surface area contributed by atoms with E-state index in [1.807, 2.05) is 0 Å². The SMILES string of the molecule is Cl.[CH2]CN(C(C)C)C(C)C. The van der Waals surface area contributed by atoms with E-state index >= 15 is 0 Å². The van der Waals surface area contributed by atoms with Gasteiger partial charge in [0, 0.05) is 12.1 Å². The Morgan fingerprint density at radius 2 is 1.40 bits per heavy atom. The van der Waals surface area contributed by atoms with Crippen LogP contribution in [0.15, 0.2) is 0 Å². The van der Waals surface area contributed by atoms with E-state index in [9.17, 15) is 0 Å². The van der Waals surface area contributed by atoms with Crippen molar-refractivity contribution >= 4 is 12.4 Å². The Labute approximate surface area is 71.2 Å². The summed E-state index contributed by atoms with van der Waals surface area (Å²) in [6.45, 7) is 13.6. The van der Waals surface area contributed by atoms with E-state index in [1.54, 1.807) is 0 Å². The monoisotopic (exact) mass is 164 g/mol. The highest BCUT2D eigenvalue weighted by molar-refractivity contribution is 5.85. The van der Waals surface area contributed by atoms with Crippen molar-refractivity contribution in [1.82, 2.24) is 4.90 Å². The van der Waals surface area contributed by atoms with Crippen LogP contribution in [0.25, 0.3) is 0 Å². The molecule has 0 N–H and O–H groups in total. The molecule has 0 spiro atoms. The van der Waals surface area contributed by atoms with Crippen LogP contribution in [-0.2, 0) is 0 Å². The third-order valence-electron chi connectivity index (χ3n) is 1.58. The Morgan fingerprint density at radius 1 is 1.10 bits per heavy atom. The Balaban J connectivity index is 0. The van der Waals surface area contributed by atoms with Gasteiger partial charge < -0.3 is 0 Å². The molecule has 0 aliphatic heterocycles. The van der Waals surface area contributed by atoms with Crippen molar-refractivity contribution in [1.29, 1.82) is 0 Å².